The number of benzene rings is 2. The minimum atomic E-state index is -1.70. The Morgan fingerprint density at radius 1 is 1.16 bits per heavy atom. The molecule has 12 nitrogen and oxygen atoms in total. The SMILES string of the molecule is NC1=NCc2cc(NC(=O)[C@H](O)CC(=O)N(CC[O-])c3ccc4c(c3)N(CC(=O)O)C(=O)CC4)ccc21. The summed E-state index contributed by atoms with van der Waals surface area (Å²) in [6.07, 6.45) is -1.71. The predicted molar refractivity (Wildman–Crippen MR) is 132 cm³/mol. The summed E-state index contributed by atoms with van der Waals surface area (Å²) in [5, 5.41) is 33.6. The average molecular weight is 509 g/mol. The number of hydrogen-bond donors (Lipinski definition) is 4. The number of anilines is 3. The zero-order chi connectivity index (χ0) is 26.7. The summed E-state index contributed by atoms with van der Waals surface area (Å²) in [5.41, 5.74) is 9.14. The second-order valence-corrected chi connectivity index (χ2v) is 8.72. The van der Waals surface area contributed by atoms with E-state index in [1.807, 2.05) is 0 Å². The third-order valence-corrected chi connectivity index (χ3v) is 6.23. The van der Waals surface area contributed by atoms with Crippen molar-refractivity contribution >= 4 is 46.6 Å². The fourth-order valence-electron chi connectivity index (χ4n) is 4.39. The van der Waals surface area contributed by atoms with Crippen LogP contribution in [0.3, 0.4) is 0 Å². The van der Waals surface area contributed by atoms with Gasteiger partial charge in [-0.2, -0.15) is 0 Å². The Labute approximate surface area is 212 Å². The Morgan fingerprint density at radius 3 is 2.68 bits per heavy atom. The second kappa shape index (κ2) is 10.8. The lowest BCUT2D eigenvalue weighted by Crippen LogP contribution is -2.41. The lowest BCUT2D eigenvalue weighted by molar-refractivity contribution is -0.363. The third-order valence-electron chi connectivity index (χ3n) is 6.23. The first-order chi connectivity index (χ1) is 17.7. The smallest absolute Gasteiger partial charge is 0.323 e. The van der Waals surface area contributed by atoms with Gasteiger partial charge in [-0.25, -0.2) is 0 Å². The second-order valence-electron chi connectivity index (χ2n) is 8.72. The highest BCUT2D eigenvalue weighted by Crippen LogP contribution is 2.32. The van der Waals surface area contributed by atoms with Crippen LogP contribution in [-0.2, 0) is 32.1 Å². The molecule has 0 spiro atoms. The van der Waals surface area contributed by atoms with Gasteiger partial charge in [0.25, 0.3) is 5.91 Å². The first kappa shape index (κ1) is 25.8. The molecule has 0 bridgehead atoms. The van der Waals surface area contributed by atoms with E-state index in [1.54, 1.807) is 30.3 Å². The van der Waals surface area contributed by atoms with E-state index in [-0.39, 0.29) is 24.6 Å². The van der Waals surface area contributed by atoms with Crippen molar-refractivity contribution in [1.82, 2.24) is 0 Å². The summed E-state index contributed by atoms with van der Waals surface area (Å²) in [5.74, 6) is -2.62. The van der Waals surface area contributed by atoms with E-state index in [9.17, 15) is 34.5 Å². The van der Waals surface area contributed by atoms with Gasteiger partial charge < -0.3 is 36.2 Å². The molecule has 0 saturated heterocycles. The van der Waals surface area contributed by atoms with Crippen LogP contribution in [0.5, 0.6) is 0 Å². The monoisotopic (exact) mass is 508 g/mol. The van der Waals surface area contributed by atoms with E-state index in [1.165, 1.54) is 6.07 Å². The molecule has 3 amide bonds. The predicted octanol–water partition coefficient (Wildman–Crippen LogP) is -0.648. The minimum Gasteiger partial charge on any atom is -0.853 e. The van der Waals surface area contributed by atoms with Crippen molar-refractivity contribution in [3.63, 3.8) is 0 Å². The molecule has 0 fully saturated rings. The fraction of sp³-hybridized carbons (Fsp3) is 0.320. The van der Waals surface area contributed by atoms with Crippen LogP contribution in [0.2, 0.25) is 0 Å². The number of hydrogen-bond acceptors (Lipinski definition) is 8. The lowest BCUT2D eigenvalue weighted by Gasteiger charge is -2.31. The zero-order valence-electron chi connectivity index (χ0n) is 19.8. The van der Waals surface area contributed by atoms with Gasteiger partial charge in [0.15, 0.2) is 0 Å². The number of nitrogens with two attached hydrogens (primary N) is 1. The molecule has 2 aliphatic heterocycles. The highest BCUT2D eigenvalue weighted by molar-refractivity contribution is 6.04. The molecule has 2 aliphatic rings. The molecule has 0 saturated carbocycles. The largest absolute Gasteiger partial charge is 0.853 e. The van der Waals surface area contributed by atoms with Gasteiger partial charge in [0.05, 0.1) is 13.0 Å². The Balaban J connectivity index is 1.47. The molecule has 0 unspecified atom stereocenters. The van der Waals surface area contributed by atoms with Crippen molar-refractivity contribution in [3.8, 4) is 0 Å². The topological polar surface area (TPSA) is 189 Å². The summed E-state index contributed by atoms with van der Waals surface area (Å²) >= 11 is 0. The van der Waals surface area contributed by atoms with E-state index in [2.05, 4.69) is 10.3 Å². The molecular formula is C25H26N5O7-. The number of aryl methyl sites for hydroxylation is 1. The van der Waals surface area contributed by atoms with Crippen LogP contribution in [0, 0.1) is 0 Å². The number of nitrogens with one attached hydrogen (secondary N) is 1. The Bertz CT molecular complexity index is 1290. The third kappa shape index (κ3) is 5.60. The number of fused-ring (bicyclic) bond motifs is 2. The highest BCUT2D eigenvalue weighted by Gasteiger charge is 2.28. The van der Waals surface area contributed by atoms with Crippen LogP contribution in [-0.4, -0.2) is 65.5 Å². The number of aliphatic imine (C=N–C) groups is 1. The number of aliphatic hydroxyl groups is 1. The van der Waals surface area contributed by atoms with E-state index in [0.717, 1.165) is 26.5 Å². The van der Waals surface area contributed by atoms with Crippen molar-refractivity contribution in [2.24, 2.45) is 10.7 Å². The Hall–Kier alpha value is -4.29. The molecule has 5 N–H and O–H groups in total. The van der Waals surface area contributed by atoms with E-state index < -0.39 is 43.5 Å². The molecular weight excluding hydrogens is 482 g/mol. The molecule has 12 heteroatoms. The molecule has 2 aromatic rings. The number of carbonyl (C=O) groups excluding carboxylic acids is 3. The van der Waals surface area contributed by atoms with Gasteiger partial charge in [0.2, 0.25) is 11.8 Å². The fourth-order valence-corrected chi connectivity index (χ4v) is 4.39. The number of carboxylic acids is 1. The van der Waals surface area contributed by atoms with Gasteiger partial charge in [-0.1, -0.05) is 6.07 Å². The highest BCUT2D eigenvalue weighted by atomic mass is 16.4. The molecule has 0 aromatic heterocycles. The van der Waals surface area contributed by atoms with Crippen LogP contribution < -0.4 is 26.0 Å². The summed E-state index contributed by atoms with van der Waals surface area (Å²) in [4.78, 5) is 55.5. The quantitative estimate of drug-likeness (QED) is 0.344. The number of amidine groups is 1. The van der Waals surface area contributed by atoms with Gasteiger partial charge in [-0.3, -0.25) is 24.2 Å². The molecule has 194 valence electrons. The van der Waals surface area contributed by atoms with Crippen molar-refractivity contribution in [3.05, 3.63) is 53.1 Å². The molecule has 37 heavy (non-hydrogen) atoms. The van der Waals surface area contributed by atoms with Crippen molar-refractivity contribution in [1.29, 1.82) is 0 Å². The number of amides is 3. The average Bonchev–Trinajstić information content (AvgIpc) is 3.23. The maximum absolute atomic E-state index is 13.0. The van der Waals surface area contributed by atoms with E-state index in [4.69, 9.17) is 5.73 Å². The molecule has 1 atom stereocenters. The number of aliphatic carboxylic acids is 1. The van der Waals surface area contributed by atoms with Crippen molar-refractivity contribution in [2.75, 3.05) is 34.8 Å². The van der Waals surface area contributed by atoms with Crippen LogP contribution in [0.4, 0.5) is 17.1 Å². The molecule has 2 aromatic carbocycles. The number of rotatable bonds is 9. The van der Waals surface area contributed by atoms with Crippen molar-refractivity contribution < 1.29 is 34.5 Å². The maximum atomic E-state index is 13.0. The van der Waals surface area contributed by atoms with Crippen LogP contribution in [0.1, 0.15) is 29.5 Å². The van der Waals surface area contributed by atoms with Crippen LogP contribution >= 0.6 is 0 Å². The van der Waals surface area contributed by atoms with E-state index >= 15 is 0 Å². The standard InChI is InChI=1S/C25H26N5O7/c26-24-18-5-3-16(9-15(18)12-27-24)28-25(37)20(32)11-22(34)29(7-8-31)17-4-1-14-2-6-21(33)30(13-23(35)36)19(14)10-17/h1,3-5,9-10,20,32H,2,6-8,11-13H2,(H2,26,27)(H,28,37)(H,35,36)/q-1/t20-/m1/s1. The minimum absolute atomic E-state index is 0.161. The number of carbonyl (C=O) groups is 4. The number of carboxylic acid groups (broad SMARTS) is 1. The Morgan fingerprint density at radius 2 is 1.95 bits per heavy atom. The normalized spacial score (nSPS) is 14.9. The molecule has 2 heterocycles. The molecule has 0 radical (unpaired) electrons. The zero-order valence-corrected chi connectivity index (χ0v) is 19.8. The maximum Gasteiger partial charge on any atom is 0.323 e. The van der Waals surface area contributed by atoms with E-state index in [0.29, 0.717) is 30.2 Å². The van der Waals surface area contributed by atoms with Gasteiger partial charge in [0, 0.05) is 35.6 Å². The summed E-state index contributed by atoms with van der Waals surface area (Å²) in [6.45, 7) is -1.05. The van der Waals surface area contributed by atoms with Crippen LogP contribution in [0.25, 0.3) is 0 Å². The first-order valence-electron chi connectivity index (χ1n) is 11.6. The number of nitrogens with zero attached hydrogens (tertiary/aromatic N) is 3. The lowest BCUT2D eigenvalue weighted by atomic mass is 10.00. The number of aliphatic hydroxyl groups excluding tert-OH is 1. The van der Waals surface area contributed by atoms with Crippen LogP contribution in [0.15, 0.2) is 41.4 Å². The molecule has 0 aliphatic carbocycles. The van der Waals surface area contributed by atoms with Gasteiger partial charge >= 0.3 is 5.97 Å². The first-order valence-corrected chi connectivity index (χ1v) is 11.6. The molecule has 4 rings (SSSR count). The van der Waals surface area contributed by atoms with Gasteiger partial charge in [-0.15, -0.1) is 6.61 Å². The van der Waals surface area contributed by atoms with Gasteiger partial charge in [-0.05, 0) is 47.9 Å². The summed E-state index contributed by atoms with van der Waals surface area (Å²) < 4.78 is 0. The summed E-state index contributed by atoms with van der Waals surface area (Å²) in [6, 6.07) is 9.75. The summed E-state index contributed by atoms with van der Waals surface area (Å²) in [7, 11) is 0. The van der Waals surface area contributed by atoms with Crippen molar-refractivity contribution in [2.45, 2.75) is 31.9 Å². The van der Waals surface area contributed by atoms with Gasteiger partial charge in [0.1, 0.15) is 18.5 Å². The Kier molecular flexibility index (Phi) is 7.50.